The highest BCUT2D eigenvalue weighted by molar-refractivity contribution is 6.35. The van der Waals surface area contributed by atoms with Gasteiger partial charge < -0.3 is 14.8 Å². The molecule has 4 rings (SSSR count). The van der Waals surface area contributed by atoms with Gasteiger partial charge in [0.25, 0.3) is 11.8 Å². The largest absolute Gasteiger partial charge is 0.488 e. The van der Waals surface area contributed by atoms with E-state index < -0.39 is 24.0 Å². The zero-order valence-corrected chi connectivity index (χ0v) is 24.9. The van der Waals surface area contributed by atoms with Crippen molar-refractivity contribution in [1.29, 1.82) is 0 Å². The number of para-hydroxylation sites is 1. The van der Waals surface area contributed by atoms with Crippen LogP contribution in [-0.4, -0.2) is 30.2 Å². The van der Waals surface area contributed by atoms with Gasteiger partial charge in [0.2, 0.25) is 0 Å². The first-order chi connectivity index (χ1) is 20.3. The maximum Gasteiger partial charge on any atom is 0.262 e. The fraction of sp³-hybridized carbons (Fsp3) is 0.156. The molecule has 0 unspecified atom stereocenters. The van der Waals surface area contributed by atoms with Gasteiger partial charge in [-0.1, -0.05) is 89.4 Å². The lowest BCUT2D eigenvalue weighted by molar-refractivity contribution is -0.132. The van der Waals surface area contributed by atoms with Gasteiger partial charge in [-0.3, -0.25) is 9.59 Å². The maximum atomic E-state index is 13.2. The Morgan fingerprint density at radius 1 is 0.810 bits per heavy atom. The van der Waals surface area contributed by atoms with E-state index in [1.807, 2.05) is 66.7 Å². The summed E-state index contributed by atoms with van der Waals surface area (Å²) in [6, 6.07) is 27.8. The lowest BCUT2D eigenvalue weighted by Crippen LogP contribution is -2.50. The van der Waals surface area contributed by atoms with Gasteiger partial charge in [0, 0.05) is 22.0 Å². The molecule has 2 atom stereocenters. The summed E-state index contributed by atoms with van der Waals surface area (Å²) in [6.07, 6.45) is 0.788. The van der Waals surface area contributed by atoms with Crippen LogP contribution in [0.5, 0.6) is 11.5 Å². The van der Waals surface area contributed by atoms with Gasteiger partial charge in [-0.25, -0.2) is 5.43 Å². The molecular weight excluding hydrogens is 597 g/mol. The summed E-state index contributed by atoms with van der Waals surface area (Å²) in [7, 11) is 0. The van der Waals surface area contributed by atoms with E-state index in [4.69, 9.17) is 44.3 Å². The molecule has 0 bridgehead atoms. The van der Waals surface area contributed by atoms with Crippen LogP contribution >= 0.6 is 34.8 Å². The van der Waals surface area contributed by atoms with E-state index in [2.05, 4.69) is 15.8 Å². The van der Waals surface area contributed by atoms with E-state index in [-0.39, 0.29) is 11.4 Å². The van der Waals surface area contributed by atoms with Crippen LogP contribution in [0.1, 0.15) is 23.6 Å². The van der Waals surface area contributed by atoms with Crippen LogP contribution in [0.2, 0.25) is 15.1 Å². The number of hydrogen-bond acceptors (Lipinski definition) is 5. The van der Waals surface area contributed by atoms with Crippen LogP contribution in [0, 0.1) is 0 Å². The van der Waals surface area contributed by atoms with Crippen molar-refractivity contribution in [3.63, 3.8) is 0 Å². The number of carbonyl (C=O) groups is 2. The summed E-state index contributed by atoms with van der Waals surface area (Å²) in [6.45, 7) is 1.90. The molecule has 216 valence electrons. The number of carbonyl (C=O) groups excluding carboxylic acids is 2. The molecule has 0 aliphatic carbocycles. The lowest BCUT2D eigenvalue weighted by Gasteiger charge is -2.21. The second-order valence-electron chi connectivity index (χ2n) is 9.27. The van der Waals surface area contributed by atoms with Crippen LogP contribution in [0.3, 0.4) is 0 Å². The molecule has 10 heteroatoms. The van der Waals surface area contributed by atoms with Crippen molar-refractivity contribution >= 4 is 52.8 Å². The first kappa shape index (κ1) is 30.9. The molecule has 0 fully saturated rings. The summed E-state index contributed by atoms with van der Waals surface area (Å²) in [5.74, 6) is -0.109. The van der Waals surface area contributed by atoms with Crippen molar-refractivity contribution in [3.8, 4) is 11.5 Å². The fourth-order valence-corrected chi connectivity index (χ4v) is 4.45. The van der Waals surface area contributed by atoms with Gasteiger partial charge in [0.05, 0.1) is 11.2 Å². The van der Waals surface area contributed by atoms with Crippen molar-refractivity contribution in [2.24, 2.45) is 5.10 Å². The van der Waals surface area contributed by atoms with Gasteiger partial charge >= 0.3 is 0 Å². The Morgan fingerprint density at radius 2 is 1.50 bits per heavy atom. The summed E-state index contributed by atoms with van der Waals surface area (Å²) < 4.78 is 11.7. The van der Waals surface area contributed by atoms with Gasteiger partial charge in [0.1, 0.15) is 24.1 Å². The third-order valence-corrected chi connectivity index (χ3v) is 6.87. The molecule has 7 nitrogen and oxygen atoms in total. The van der Waals surface area contributed by atoms with Crippen molar-refractivity contribution in [2.45, 2.75) is 32.1 Å². The monoisotopic (exact) mass is 623 g/mol. The molecule has 0 saturated heterocycles. The minimum absolute atomic E-state index is 0.239. The topological polar surface area (TPSA) is 89.0 Å². The van der Waals surface area contributed by atoms with Crippen LogP contribution in [0.15, 0.2) is 102 Å². The third kappa shape index (κ3) is 9.24. The number of ether oxygens (including phenoxy) is 2. The normalized spacial score (nSPS) is 12.4. The quantitative estimate of drug-likeness (QED) is 0.133. The van der Waals surface area contributed by atoms with Gasteiger partial charge in [0.15, 0.2) is 6.10 Å². The Bertz CT molecular complexity index is 1530. The highest BCUT2D eigenvalue weighted by atomic mass is 35.5. The van der Waals surface area contributed by atoms with Crippen molar-refractivity contribution in [1.82, 2.24) is 10.7 Å². The molecular formula is C32H28Cl3N3O4. The fourth-order valence-electron chi connectivity index (χ4n) is 3.87. The average molecular weight is 625 g/mol. The van der Waals surface area contributed by atoms with Crippen molar-refractivity contribution in [3.05, 3.63) is 129 Å². The number of hydrogen-bond donors (Lipinski definition) is 2. The highest BCUT2D eigenvalue weighted by Crippen LogP contribution is 2.28. The number of amides is 2. The Labute approximate surface area is 259 Å². The number of nitrogens with zero attached hydrogens (tertiary/aromatic N) is 1. The van der Waals surface area contributed by atoms with E-state index in [0.717, 1.165) is 11.1 Å². The SMILES string of the molecule is C[C@@H](Oc1ccc(Cl)cc1Cl)C(=O)N[C@H](Cc1ccccc1)C(=O)N/N=C\c1ccccc1OCc1ccc(Cl)cc1. The molecule has 0 aromatic heterocycles. The highest BCUT2D eigenvalue weighted by Gasteiger charge is 2.25. The van der Waals surface area contributed by atoms with E-state index >= 15 is 0 Å². The van der Waals surface area contributed by atoms with E-state index in [9.17, 15) is 9.59 Å². The molecule has 0 heterocycles. The van der Waals surface area contributed by atoms with Crippen molar-refractivity contribution in [2.75, 3.05) is 0 Å². The van der Waals surface area contributed by atoms with Crippen LogP contribution in [0.25, 0.3) is 0 Å². The number of rotatable bonds is 12. The van der Waals surface area contributed by atoms with Gasteiger partial charge in [-0.05, 0) is 60.5 Å². The smallest absolute Gasteiger partial charge is 0.262 e. The first-order valence-corrected chi connectivity index (χ1v) is 14.2. The second kappa shape index (κ2) is 15.3. The molecule has 0 saturated carbocycles. The summed E-state index contributed by atoms with van der Waals surface area (Å²) >= 11 is 18.1. The molecule has 0 aliphatic rings. The zero-order chi connectivity index (χ0) is 29.9. The molecule has 42 heavy (non-hydrogen) atoms. The summed E-state index contributed by atoms with van der Waals surface area (Å²) in [4.78, 5) is 26.2. The minimum Gasteiger partial charge on any atom is -0.488 e. The zero-order valence-electron chi connectivity index (χ0n) is 22.6. The standard InChI is InChI=1S/C32H28Cl3N3O4/c1-21(42-30-16-15-26(34)18-27(30)35)31(39)37-28(17-22-7-3-2-4-8-22)32(40)38-36-19-24-9-5-6-10-29(24)41-20-23-11-13-25(33)14-12-23/h2-16,18-19,21,28H,17,20H2,1H3,(H,37,39)(H,38,40)/b36-19-/t21-,28-/m1/s1. The van der Waals surface area contributed by atoms with Crippen LogP contribution in [0.4, 0.5) is 0 Å². The predicted octanol–water partition coefficient (Wildman–Crippen LogP) is 6.87. The van der Waals surface area contributed by atoms with Crippen molar-refractivity contribution < 1.29 is 19.1 Å². The number of hydrazone groups is 1. The van der Waals surface area contributed by atoms with E-state index in [1.165, 1.54) is 12.3 Å². The lowest BCUT2D eigenvalue weighted by atomic mass is 10.1. The Hall–Kier alpha value is -4.04. The average Bonchev–Trinajstić information content (AvgIpc) is 2.99. The van der Waals surface area contributed by atoms with Crippen LogP contribution in [-0.2, 0) is 22.6 Å². The molecule has 0 radical (unpaired) electrons. The summed E-state index contributed by atoms with van der Waals surface area (Å²) in [5, 5.41) is 8.27. The molecule has 0 spiro atoms. The van der Waals surface area contributed by atoms with Crippen LogP contribution < -0.4 is 20.2 Å². The molecule has 4 aromatic carbocycles. The number of benzene rings is 4. The molecule has 2 N–H and O–H groups in total. The Morgan fingerprint density at radius 3 is 2.24 bits per heavy atom. The maximum absolute atomic E-state index is 13.2. The predicted molar refractivity (Wildman–Crippen MR) is 167 cm³/mol. The molecule has 4 aromatic rings. The number of halogens is 3. The van der Waals surface area contributed by atoms with E-state index in [1.54, 1.807) is 31.2 Å². The first-order valence-electron chi connectivity index (χ1n) is 13.0. The number of nitrogens with one attached hydrogen (secondary N) is 2. The van der Waals surface area contributed by atoms with E-state index in [0.29, 0.717) is 33.7 Å². The van der Waals surface area contributed by atoms with Gasteiger partial charge in [-0.2, -0.15) is 5.10 Å². The summed E-state index contributed by atoms with van der Waals surface area (Å²) in [5.41, 5.74) is 5.01. The second-order valence-corrected chi connectivity index (χ2v) is 10.6. The van der Waals surface area contributed by atoms with Gasteiger partial charge in [-0.15, -0.1) is 0 Å². The third-order valence-electron chi connectivity index (χ3n) is 6.09. The Kier molecular flexibility index (Phi) is 11.2. The minimum atomic E-state index is -0.942. The Balaban J connectivity index is 1.41. The molecule has 0 aliphatic heterocycles. The molecule has 2 amide bonds.